The van der Waals surface area contributed by atoms with Gasteiger partial charge in [0, 0.05) is 32.7 Å². The number of nitrogens with zero attached hydrogens (tertiary/aromatic N) is 2. The second-order valence-electron chi connectivity index (χ2n) is 16.3. The molecule has 0 radical (unpaired) electrons. The number of urea groups is 1. The Morgan fingerprint density at radius 2 is 1.67 bits per heavy atom. The van der Waals surface area contributed by atoms with Crippen LogP contribution >= 0.6 is 11.3 Å². The molecule has 4 N–H and O–H groups in total. The first-order chi connectivity index (χ1) is 23.6. The van der Waals surface area contributed by atoms with Gasteiger partial charge in [0.1, 0.15) is 16.3 Å². The van der Waals surface area contributed by atoms with Crippen molar-refractivity contribution >= 4 is 50.9 Å². The molecule has 2 heterocycles. The van der Waals surface area contributed by atoms with Gasteiger partial charge >= 0.3 is 6.03 Å². The summed E-state index contributed by atoms with van der Waals surface area (Å²) in [7, 11) is -2.31. The number of thiophene rings is 1. The van der Waals surface area contributed by atoms with Crippen LogP contribution in [0.3, 0.4) is 0 Å². The van der Waals surface area contributed by atoms with Gasteiger partial charge < -0.3 is 26.2 Å². The van der Waals surface area contributed by atoms with E-state index in [4.69, 9.17) is 0 Å². The summed E-state index contributed by atoms with van der Waals surface area (Å²) < 4.78 is 27.7. The summed E-state index contributed by atoms with van der Waals surface area (Å²) in [5.74, 6) is -2.45. The molecule has 1 aliphatic heterocycles. The van der Waals surface area contributed by atoms with Gasteiger partial charge in [0.05, 0.1) is 6.04 Å². The molecule has 2 unspecified atom stereocenters. The van der Waals surface area contributed by atoms with Gasteiger partial charge in [-0.1, -0.05) is 80.4 Å². The second kappa shape index (κ2) is 17.0. The fourth-order valence-corrected chi connectivity index (χ4v) is 8.67. The predicted molar refractivity (Wildman–Crippen MR) is 198 cm³/mol. The largest absolute Gasteiger partial charge is 0.346 e. The smallest absolute Gasteiger partial charge is 0.315 e. The molecule has 0 spiro atoms. The van der Waals surface area contributed by atoms with Gasteiger partial charge in [0.15, 0.2) is 0 Å². The first kappa shape index (κ1) is 42.1. The number of nitrogens with one attached hydrogen (secondary N) is 4. The molecular weight excluding hydrogens is 693 g/mol. The molecule has 5 atom stereocenters. The number of sulfonamides is 1. The highest BCUT2D eigenvalue weighted by Gasteiger charge is 2.48. The molecule has 0 bridgehead atoms. The van der Waals surface area contributed by atoms with Crippen LogP contribution in [0.15, 0.2) is 34.4 Å². The maximum atomic E-state index is 14.4. The zero-order valence-corrected chi connectivity index (χ0v) is 33.2. The second-order valence-corrected chi connectivity index (χ2v) is 19.5. The van der Waals surface area contributed by atoms with Gasteiger partial charge in [0.2, 0.25) is 17.6 Å². The van der Waals surface area contributed by atoms with Crippen LogP contribution in [0.2, 0.25) is 0 Å². The Kier molecular flexibility index (Phi) is 14.1. The molecule has 1 aliphatic carbocycles. The lowest BCUT2D eigenvalue weighted by atomic mass is 9.84. The number of amides is 5. The lowest BCUT2D eigenvalue weighted by Crippen LogP contribution is -2.62. The average Bonchev–Trinajstić information content (AvgIpc) is 3.47. The normalized spacial score (nSPS) is 20.0. The average molecular weight is 751 g/mol. The minimum atomic E-state index is -3.78. The summed E-state index contributed by atoms with van der Waals surface area (Å²) in [6.07, 6.45) is 4.17. The minimum Gasteiger partial charge on any atom is -0.346 e. The Hall–Kier alpha value is -3.30. The summed E-state index contributed by atoms with van der Waals surface area (Å²) in [5.41, 5.74) is -1.34. The minimum absolute atomic E-state index is 0.0118. The van der Waals surface area contributed by atoms with Crippen molar-refractivity contribution in [3.05, 3.63) is 30.2 Å². The zero-order valence-electron chi connectivity index (χ0n) is 31.6. The fraction of sp³-hybridized carbons (Fsp3) is 0.694. The molecule has 2 aliphatic rings. The van der Waals surface area contributed by atoms with Crippen molar-refractivity contribution < 1.29 is 32.4 Å². The number of carbonyl (C=O) groups is 5. The Bertz CT molecular complexity index is 1530. The van der Waals surface area contributed by atoms with Crippen LogP contribution in [0.5, 0.6) is 0 Å². The van der Waals surface area contributed by atoms with Gasteiger partial charge in [-0.25, -0.2) is 13.2 Å². The third-order valence-electron chi connectivity index (χ3n) is 9.72. The molecule has 51 heavy (non-hydrogen) atoms. The number of ketones is 1. The Morgan fingerprint density at radius 3 is 2.18 bits per heavy atom. The van der Waals surface area contributed by atoms with E-state index in [2.05, 4.69) is 27.8 Å². The fourth-order valence-electron chi connectivity index (χ4n) is 6.28. The monoisotopic (exact) mass is 750 g/mol. The van der Waals surface area contributed by atoms with E-state index >= 15 is 0 Å². The van der Waals surface area contributed by atoms with E-state index in [0.717, 1.165) is 24.2 Å². The molecule has 1 saturated heterocycles. The lowest BCUT2D eigenvalue weighted by Gasteiger charge is -2.38. The lowest BCUT2D eigenvalue weighted by molar-refractivity contribution is -0.144. The van der Waals surface area contributed by atoms with Crippen LogP contribution in [0.4, 0.5) is 4.79 Å². The summed E-state index contributed by atoms with van der Waals surface area (Å²) in [6.45, 7) is 19.0. The van der Waals surface area contributed by atoms with Gasteiger partial charge in [-0.2, -0.15) is 4.31 Å². The van der Waals surface area contributed by atoms with Crippen molar-refractivity contribution in [1.82, 2.24) is 30.5 Å². The predicted octanol–water partition coefficient (Wildman–Crippen LogP) is 3.53. The summed E-state index contributed by atoms with van der Waals surface area (Å²) in [6, 6.07) is -1.09. The van der Waals surface area contributed by atoms with Crippen LogP contribution in [-0.4, -0.2) is 98.0 Å². The van der Waals surface area contributed by atoms with Crippen molar-refractivity contribution in [2.75, 3.05) is 26.7 Å². The highest BCUT2D eigenvalue weighted by molar-refractivity contribution is 7.91. The maximum Gasteiger partial charge on any atom is 0.315 e. The molecule has 1 saturated carbocycles. The summed E-state index contributed by atoms with van der Waals surface area (Å²) >= 11 is 1.11. The molecule has 15 heteroatoms. The van der Waals surface area contributed by atoms with Crippen LogP contribution in [0, 0.1) is 28.6 Å². The van der Waals surface area contributed by atoms with Gasteiger partial charge in [-0.3, -0.25) is 19.2 Å². The number of carbonyl (C=O) groups excluding carboxylic acids is 5. The van der Waals surface area contributed by atoms with Crippen LogP contribution in [-0.2, 0) is 29.2 Å². The molecule has 1 aromatic rings. The third kappa shape index (κ3) is 11.1. The first-order valence-electron chi connectivity index (χ1n) is 17.7. The van der Waals surface area contributed by atoms with E-state index in [-0.39, 0.29) is 41.6 Å². The van der Waals surface area contributed by atoms with E-state index in [1.165, 1.54) is 28.4 Å². The summed E-state index contributed by atoms with van der Waals surface area (Å²) in [4.78, 5) is 69.5. The SMILES string of the molecule is C=CCNC(=O)C(=O)C(CC1CC1)NC(=O)[C@@H]1C(C(C)C)CCN1C(=O)[C@@H](NC(=O)N[C@H](CN(C)S(=O)(=O)c1cccs1)C(C)(C)C)C(C)(C)C. The quantitative estimate of drug-likeness (QED) is 0.148. The van der Waals surface area contributed by atoms with Crippen molar-refractivity contribution in [3.63, 3.8) is 0 Å². The first-order valence-corrected chi connectivity index (χ1v) is 20.0. The van der Waals surface area contributed by atoms with Gasteiger partial charge in [0.25, 0.3) is 15.9 Å². The summed E-state index contributed by atoms with van der Waals surface area (Å²) in [5, 5.41) is 12.8. The molecule has 3 rings (SSSR count). The standard InChI is InChI=1S/C36H58N6O7S2/c1-11-17-37-32(45)29(43)25(20-23-14-15-23)38-31(44)28-24(22(2)3)16-18-42(28)33(46)30(36(7,8)9)40-34(47)39-26(35(4,5)6)21-41(10)51(48,49)27-13-12-19-50-27/h11-13,19,22-26,28,30H,1,14-18,20-21H2,2-10H3,(H,37,45)(H,38,44)(H2,39,40,47)/t24?,25?,26-,28+,30-/m1/s1. The number of hydrogen-bond acceptors (Lipinski definition) is 8. The number of likely N-dealkylation sites (tertiary alicyclic amines) is 1. The maximum absolute atomic E-state index is 14.4. The van der Waals surface area contributed by atoms with Crippen molar-refractivity contribution in [2.45, 2.75) is 109 Å². The highest BCUT2D eigenvalue weighted by Crippen LogP contribution is 2.36. The van der Waals surface area contributed by atoms with E-state index in [1.807, 2.05) is 55.4 Å². The van der Waals surface area contributed by atoms with Crippen LogP contribution in [0.25, 0.3) is 0 Å². The van der Waals surface area contributed by atoms with E-state index < -0.39 is 74.6 Å². The number of rotatable bonds is 16. The molecule has 2 fully saturated rings. The Labute approximate surface area is 307 Å². The highest BCUT2D eigenvalue weighted by atomic mass is 32.2. The van der Waals surface area contributed by atoms with E-state index in [0.29, 0.717) is 12.8 Å². The van der Waals surface area contributed by atoms with Crippen LogP contribution < -0.4 is 21.3 Å². The van der Waals surface area contributed by atoms with Crippen LogP contribution in [0.1, 0.15) is 81.1 Å². The number of likely N-dealkylation sites (N-methyl/N-ethyl adjacent to an activating group) is 1. The van der Waals surface area contributed by atoms with Crippen molar-refractivity contribution in [3.8, 4) is 0 Å². The van der Waals surface area contributed by atoms with Crippen molar-refractivity contribution in [1.29, 1.82) is 0 Å². The zero-order chi connectivity index (χ0) is 38.5. The third-order valence-corrected chi connectivity index (χ3v) is 12.9. The molecule has 0 aromatic carbocycles. The van der Waals surface area contributed by atoms with E-state index in [1.54, 1.807) is 11.4 Å². The Balaban J connectivity index is 1.83. The topological polar surface area (TPSA) is 174 Å². The van der Waals surface area contributed by atoms with Crippen molar-refractivity contribution in [2.24, 2.45) is 28.6 Å². The number of hydrogen-bond donors (Lipinski definition) is 4. The van der Waals surface area contributed by atoms with Gasteiger partial charge in [-0.05, 0) is 52.9 Å². The molecule has 5 amide bonds. The molecule has 1 aromatic heterocycles. The molecule has 13 nitrogen and oxygen atoms in total. The van der Waals surface area contributed by atoms with E-state index in [9.17, 15) is 32.4 Å². The molecular formula is C36H58N6O7S2. The number of Topliss-reactive ketones (excluding diaryl/α,β-unsaturated/α-hetero) is 1. The van der Waals surface area contributed by atoms with Gasteiger partial charge in [-0.15, -0.1) is 17.9 Å². The molecule has 286 valence electrons. The Morgan fingerprint density at radius 1 is 1.02 bits per heavy atom.